The molecule has 2 aromatic heterocycles. The van der Waals surface area contributed by atoms with Crippen LogP contribution in [-0.4, -0.2) is 32.1 Å². The molecule has 0 unspecified atom stereocenters. The minimum absolute atomic E-state index is 0.131. The van der Waals surface area contributed by atoms with E-state index in [9.17, 15) is 9.59 Å². The lowest BCUT2D eigenvalue weighted by atomic mass is 9.93. The molecule has 5 rings (SSSR count). The Bertz CT molecular complexity index is 1590. The zero-order valence-electron chi connectivity index (χ0n) is 23.2. The molecule has 2 aromatic carbocycles. The Morgan fingerprint density at radius 3 is 2.35 bits per heavy atom. The first-order valence-corrected chi connectivity index (χ1v) is 13.8. The van der Waals surface area contributed by atoms with Gasteiger partial charge >= 0.3 is 5.97 Å². The summed E-state index contributed by atoms with van der Waals surface area (Å²) in [5, 5.41) is 13.1. The summed E-state index contributed by atoms with van der Waals surface area (Å²) in [5.41, 5.74) is 6.31. The van der Waals surface area contributed by atoms with E-state index in [0.717, 1.165) is 34.1 Å². The van der Waals surface area contributed by atoms with Crippen molar-refractivity contribution in [3.8, 4) is 11.4 Å². The highest BCUT2D eigenvalue weighted by Gasteiger charge is 2.27. The summed E-state index contributed by atoms with van der Waals surface area (Å²) >= 11 is 0. The van der Waals surface area contributed by atoms with Gasteiger partial charge in [0.2, 0.25) is 0 Å². The van der Waals surface area contributed by atoms with Gasteiger partial charge in [0.1, 0.15) is 0 Å². The number of fused-ring (bicyclic) bond motifs is 1. The highest BCUT2D eigenvalue weighted by atomic mass is 16.4. The molecule has 2 heterocycles. The van der Waals surface area contributed by atoms with E-state index in [1.54, 1.807) is 6.08 Å². The Morgan fingerprint density at radius 2 is 1.70 bits per heavy atom. The van der Waals surface area contributed by atoms with Crippen molar-refractivity contribution in [2.24, 2.45) is 7.05 Å². The molecule has 0 bridgehead atoms. The van der Waals surface area contributed by atoms with E-state index in [1.165, 1.54) is 36.6 Å². The molecule has 40 heavy (non-hydrogen) atoms. The number of pyridine rings is 1. The van der Waals surface area contributed by atoms with Crippen LogP contribution >= 0.6 is 0 Å². The van der Waals surface area contributed by atoms with Crippen LogP contribution in [0.4, 0.5) is 0 Å². The molecule has 6 nitrogen and oxygen atoms in total. The van der Waals surface area contributed by atoms with E-state index in [1.807, 2.05) is 80.7 Å². The first-order valence-electron chi connectivity index (χ1n) is 13.8. The number of aryl methyl sites for hydroxylation is 1. The number of carboxylic acid groups (broad SMARTS) is 1. The number of hydrogen-bond acceptors (Lipinski definition) is 3. The fourth-order valence-corrected chi connectivity index (χ4v) is 5.64. The van der Waals surface area contributed by atoms with Crippen molar-refractivity contribution < 1.29 is 14.7 Å². The summed E-state index contributed by atoms with van der Waals surface area (Å²) in [7, 11) is 2.07. The van der Waals surface area contributed by atoms with Crippen LogP contribution in [0.5, 0.6) is 0 Å². The predicted molar refractivity (Wildman–Crippen MR) is 161 cm³/mol. The molecule has 0 atom stereocenters. The summed E-state index contributed by atoms with van der Waals surface area (Å²) in [6.45, 7) is 3.92. The number of carbonyl (C=O) groups is 2. The fourth-order valence-electron chi connectivity index (χ4n) is 5.64. The number of amides is 1. The summed E-state index contributed by atoms with van der Waals surface area (Å²) in [4.78, 5) is 28.8. The van der Waals surface area contributed by atoms with Crippen LogP contribution in [0.1, 0.15) is 72.5 Å². The average molecular weight is 534 g/mol. The summed E-state index contributed by atoms with van der Waals surface area (Å²) in [6, 6.07) is 19.6. The lowest BCUT2D eigenvalue weighted by Gasteiger charge is -2.22. The fraction of sp³-hybridized carbons (Fsp3) is 0.265. The zero-order chi connectivity index (χ0) is 28.3. The van der Waals surface area contributed by atoms with Crippen molar-refractivity contribution >= 4 is 34.9 Å². The Kier molecular flexibility index (Phi) is 7.69. The first kappa shape index (κ1) is 27.1. The maximum Gasteiger partial charge on any atom is 0.328 e. The molecule has 1 aliphatic carbocycles. The Labute approximate surface area is 235 Å². The van der Waals surface area contributed by atoms with Gasteiger partial charge in [-0.15, -0.1) is 0 Å². The van der Waals surface area contributed by atoms with Crippen LogP contribution in [0.15, 0.2) is 79.0 Å². The van der Waals surface area contributed by atoms with Gasteiger partial charge < -0.3 is 15.0 Å². The van der Waals surface area contributed by atoms with Crippen molar-refractivity contribution in [3.05, 3.63) is 101 Å². The van der Waals surface area contributed by atoms with Crippen LogP contribution in [-0.2, 0) is 11.8 Å². The molecule has 1 aliphatic rings. The molecular weight excluding hydrogens is 498 g/mol. The van der Waals surface area contributed by atoms with Crippen LogP contribution in [0.2, 0.25) is 0 Å². The normalized spacial score (nSPS) is 14.5. The molecule has 2 N–H and O–H groups in total. The van der Waals surface area contributed by atoms with Gasteiger partial charge in [0.05, 0.1) is 16.9 Å². The zero-order valence-corrected chi connectivity index (χ0v) is 23.2. The summed E-state index contributed by atoms with van der Waals surface area (Å²) in [6.07, 6.45) is 13.3. The molecule has 0 saturated heterocycles. The number of nitrogens with zero attached hydrogens (tertiary/aromatic N) is 2. The second-order valence-corrected chi connectivity index (χ2v) is 11.1. The molecular formula is C34H35N3O3. The molecule has 0 aliphatic heterocycles. The summed E-state index contributed by atoms with van der Waals surface area (Å²) in [5.74, 6) is -0.601. The molecule has 0 radical (unpaired) electrons. The van der Waals surface area contributed by atoms with E-state index >= 15 is 0 Å². The maximum atomic E-state index is 13.4. The molecule has 1 fully saturated rings. The van der Waals surface area contributed by atoms with Gasteiger partial charge in [0.25, 0.3) is 5.91 Å². The van der Waals surface area contributed by atoms with Crippen LogP contribution < -0.4 is 5.32 Å². The molecule has 1 amide bonds. The van der Waals surface area contributed by atoms with Gasteiger partial charge in [-0.25, -0.2) is 4.79 Å². The second kappa shape index (κ2) is 11.3. The third-order valence-electron chi connectivity index (χ3n) is 7.66. The van der Waals surface area contributed by atoms with Crippen molar-refractivity contribution in [2.75, 3.05) is 0 Å². The maximum absolute atomic E-state index is 13.4. The van der Waals surface area contributed by atoms with Gasteiger partial charge in [-0.2, -0.15) is 0 Å². The van der Waals surface area contributed by atoms with E-state index < -0.39 is 11.5 Å². The average Bonchev–Trinajstić information content (AvgIpc) is 3.57. The van der Waals surface area contributed by atoms with Crippen molar-refractivity contribution in [2.45, 2.75) is 51.0 Å². The van der Waals surface area contributed by atoms with Crippen LogP contribution in [0.3, 0.4) is 0 Å². The molecule has 0 spiro atoms. The van der Waals surface area contributed by atoms with Gasteiger partial charge in [-0.05, 0) is 79.6 Å². The standard InChI is InChI=1S/C34H35N3O3/c1-34(2,20-19-24-13-11-23(12-14-24)15-18-30(38)39)36-33(40)26-16-17-27-29(22-26)37(3)32(28-10-6-7-21-35-28)31(27)25-8-4-5-9-25/h6-7,10-22,25H,4-5,8-9H2,1-3H3,(H,36,40)(H,38,39)/b18-15+,20-19+. The SMILES string of the molecule is Cn1c(-c2ccccn2)c(C2CCCC2)c2ccc(C(=O)NC(C)(C)/C=C/c3ccc(/C=C/C(=O)O)cc3)cc21. The number of aliphatic carboxylic acids is 1. The first-order chi connectivity index (χ1) is 19.2. The number of aromatic nitrogens is 2. The molecule has 6 heteroatoms. The third kappa shape index (κ3) is 5.91. The van der Waals surface area contributed by atoms with Crippen LogP contribution in [0, 0.1) is 0 Å². The topological polar surface area (TPSA) is 84.2 Å². The second-order valence-electron chi connectivity index (χ2n) is 11.1. The minimum atomic E-state index is -0.976. The Morgan fingerprint density at radius 1 is 1.00 bits per heavy atom. The van der Waals surface area contributed by atoms with Gasteiger partial charge in [0.15, 0.2) is 0 Å². The third-order valence-corrected chi connectivity index (χ3v) is 7.66. The highest BCUT2D eigenvalue weighted by molar-refractivity contribution is 6.01. The summed E-state index contributed by atoms with van der Waals surface area (Å²) < 4.78 is 2.20. The number of benzene rings is 2. The van der Waals surface area contributed by atoms with E-state index in [4.69, 9.17) is 5.11 Å². The van der Waals surface area contributed by atoms with E-state index in [-0.39, 0.29) is 5.91 Å². The lowest BCUT2D eigenvalue weighted by Crippen LogP contribution is -2.41. The predicted octanol–water partition coefficient (Wildman–Crippen LogP) is 7.22. The number of hydrogen-bond donors (Lipinski definition) is 2. The largest absolute Gasteiger partial charge is 0.478 e. The number of rotatable bonds is 8. The van der Waals surface area contributed by atoms with Crippen molar-refractivity contribution in [3.63, 3.8) is 0 Å². The monoisotopic (exact) mass is 533 g/mol. The molecule has 4 aromatic rings. The molecule has 204 valence electrons. The number of carbonyl (C=O) groups excluding carboxylic acids is 1. The number of nitrogens with one attached hydrogen (secondary N) is 1. The number of carboxylic acids is 1. The van der Waals surface area contributed by atoms with E-state index in [2.05, 4.69) is 34.0 Å². The Balaban J connectivity index is 1.39. The highest BCUT2D eigenvalue weighted by Crippen LogP contribution is 2.44. The minimum Gasteiger partial charge on any atom is -0.478 e. The quantitative estimate of drug-likeness (QED) is 0.234. The van der Waals surface area contributed by atoms with Crippen LogP contribution in [0.25, 0.3) is 34.4 Å². The van der Waals surface area contributed by atoms with Crippen molar-refractivity contribution in [1.82, 2.24) is 14.9 Å². The lowest BCUT2D eigenvalue weighted by molar-refractivity contribution is -0.131. The Hall–Kier alpha value is -4.45. The van der Waals surface area contributed by atoms with Gasteiger partial charge in [0, 0.05) is 35.8 Å². The van der Waals surface area contributed by atoms with E-state index in [0.29, 0.717) is 11.5 Å². The van der Waals surface area contributed by atoms with Crippen molar-refractivity contribution in [1.29, 1.82) is 0 Å². The smallest absolute Gasteiger partial charge is 0.328 e. The van der Waals surface area contributed by atoms with Gasteiger partial charge in [-0.3, -0.25) is 9.78 Å². The van der Waals surface area contributed by atoms with Gasteiger partial charge in [-0.1, -0.05) is 61.4 Å². The molecule has 1 saturated carbocycles.